The number of hydrogen-bond donors (Lipinski definition) is 3. The summed E-state index contributed by atoms with van der Waals surface area (Å²) < 4.78 is 5.46. The Labute approximate surface area is 126 Å². The van der Waals surface area contributed by atoms with Crippen LogP contribution in [0.2, 0.25) is 0 Å². The third kappa shape index (κ3) is 7.99. The zero-order valence-electron chi connectivity index (χ0n) is 12.0. The first kappa shape index (κ1) is 18.7. The Morgan fingerprint density at radius 2 is 1.90 bits per heavy atom. The van der Waals surface area contributed by atoms with E-state index in [0.717, 1.165) is 5.69 Å². The second kappa shape index (κ2) is 9.58. The number of aliphatic hydroxyl groups is 1. The molecule has 0 saturated heterocycles. The Morgan fingerprint density at radius 3 is 2.40 bits per heavy atom. The molecule has 1 atom stereocenters. The summed E-state index contributed by atoms with van der Waals surface area (Å²) in [6, 6.07) is 7.37. The molecule has 20 heavy (non-hydrogen) atoms. The lowest BCUT2D eigenvalue weighted by Gasteiger charge is -2.15. The molecule has 1 unspecified atom stereocenters. The van der Waals surface area contributed by atoms with Crippen molar-refractivity contribution in [2.24, 2.45) is 0 Å². The van der Waals surface area contributed by atoms with E-state index in [1.165, 1.54) is 6.92 Å². The van der Waals surface area contributed by atoms with Crippen LogP contribution in [0.4, 0.5) is 5.69 Å². The van der Waals surface area contributed by atoms with E-state index >= 15 is 0 Å². The van der Waals surface area contributed by atoms with E-state index in [0.29, 0.717) is 18.3 Å². The van der Waals surface area contributed by atoms with Crippen molar-refractivity contribution in [3.05, 3.63) is 24.3 Å². The van der Waals surface area contributed by atoms with Gasteiger partial charge in [0.15, 0.2) is 0 Å². The first-order valence-electron chi connectivity index (χ1n) is 6.39. The minimum Gasteiger partial charge on any atom is -1.00 e. The number of halogens is 1. The summed E-state index contributed by atoms with van der Waals surface area (Å²) in [6.45, 7) is 6.24. The average Bonchev–Trinajstić information content (AvgIpc) is 2.35. The van der Waals surface area contributed by atoms with Crippen molar-refractivity contribution >= 4 is 11.6 Å². The molecule has 3 N–H and O–H groups in total. The normalized spacial score (nSPS) is 11.7. The van der Waals surface area contributed by atoms with E-state index < -0.39 is 6.10 Å². The number of benzene rings is 1. The van der Waals surface area contributed by atoms with Crippen molar-refractivity contribution in [1.82, 2.24) is 5.32 Å². The van der Waals surface area contributed by atoms with Crippen LogP contribution in [0, 0.1) is 0 Å². The molecular formula is C14H22ClN2O3-. The quantitative estimate of drug-likeness (QED) is 0.567. The van der Waals surface area contributed by atoms with Gasteiger partial charge in [-0.15, -0.1) is 0 Å². The number of ether oxygens (including phenoxy) is 1. The predicted octanol–water partition coefficient (Wildman–Crippen LogP) is -1.61. The number of rotatable bonds is 7. The van der Waals surface area contributed by atoms with Crippen LogP contribution in [-0.2, 0) is 4.79 Å². The van der Waals surface area contributed by atoms with Gasteiger partial charge in [-0.1, -0.05) is 13.8 Å². The van der Waals surface area contributed by atoms with Crippen molar-refractivity contribution < 1.29 is 27.0 Å². The van der Waals surface area contributed by atoms with E-state index in [-0.39, 0.29) is 24.9 Å². The first-order valence-corrected chi connectivity index (χ1v) is 6.39. The van der Waals surface area contributed by atoms with Gasteiger partial charge in [-0.05, 0) is 24.3 Å². The summed E-state index contributed by atoms with van der Waals surface area (Å²) in [5.74, 6) is 0.557. The van der Waals surface area contributed by atoms with Crippen LogP contribution in [0.3, 0.4) is 0 Å². The smallest absolute Gasteiger partial charge is 0.221 e. The van der Waals surface area contributed by atoms with E-state index in [4.69, 9.17) is 4.74 Å². The number of anilines is 1. The highest BCUT2D eigenvalue weighted by Crippen LogP contribution is 2.15. The van der Waals surface area contributed by atoms with Crippen LogP contribution < -0.4 is 27.8 Å². The van der Waals surface area contributed by atoms with Crippen molar-refractivity contribution in [1.29, 1.82) is 0 Å². The van der Waals surface area contributed by atoms with Gasteiger partial charge in [-0.25, -0.2) is 0 Å². The second-order valence-corrected chi connectivity index (χ2v) is 4.73. The number of aliphatic hydroxyl groups excluding tert-OH is 1. The van der Waals surface area contributed by atoms with Gasteiger partial charge in [0.1, 0.15) is 18.5 Å². The third-order valence-electron chi connectivity index (χ3n) is 2.38. The largest absolute Gasteiger partial charge is 1.00 e. The van der Waals surface area contributed by atoms with E-state index in [9.17, 15) is 9.90 Å². The molecule has 1 aromatic carbocycles. The van der Waals surface area contributed by atoms with Crippen molar-refractivity contribution in [2.45, 2.75) is 32.9 Å². The molecule has 0 radical (unpaired) electrons. The van der Waals surface area contributed by atoms with Crippen LogP contribution >= 0.6 is 0 Å². The molecule has 0 saturated carbocycles. The third-order valence-corrected chi connectivity index (χ3v) is 2.38. The molecular weight excluding hydrogens is 280 g/mol. The number of carbonyl (C=O) groups excluding carboxylic acids is 1. The Bertz CT molecular complexity index is 396. The standard InChI is InChI=1S/C14H22N2O3.ClH/c1-10(2)15-8-13(18)9-19-14-6-4-12(5-7-14)16-11(3)17;/h4-7,10,13,15,18H,8-9H2,1-3H3,(H,16,17);1H/p-1. The lowest BCUT2D eigenvalue weighted by molar-refractivity contribution is -0.114. The van der Waals surface area contributed by atoms with Crippen LogP contribution in [0.25, 0.3) is 0 Å². The van der Waals surface area contributed by atoms with Crippen LogP contribution in [0.1, 0.15) is 20.8 Å². The summed E-state index contributed by atoms with van der Waals surface area (Å²) in [7, 11) is 0. The lowest BCUT2D eigenvalue weighted by Crippen LogP contribution is -3.00. The highest BCUT2D eigenvalue weighted by atomic mass is 35.5. The Hall–Kier alpha value is -1.30. The van der Waals surface area contributed by atoms with Crippen LogP contribution in [0.15, 0.2) is 24.3 Å². The fourth-order valence-corrected chi connectivity index (χ4v) is 1.46. The minimum atomic E-state index is -0.544. The zero-order valence-corrected chi connectivity index (χ0v) is 12.8. The van der Waals surface area contributed by atoms with Gasteiger partial charge in [0.05, 0.1) is 0 Å². The number of amides is 1. The maximum absolute atomic E-state index is 10.9. The molecule has 0 aliphatic carbocycles. The molecule has 0 fully saturated rings. The fraction of sp³-hybridized carbons (Fsp3) is 0.500. The molecule has 0 spiro atoms. The van der Waals surface area contributed by atoms with Gasteiger partial charge in [-0.2, -0.15) is 0 Å². The maximum atomic E-state index is 10.9. The van der Waals surface area contributed by atoms with Crippen LogP contribution in [0.5, 0.6) is 5.75 Å². The van der Waals surface area contributed by atoms with Gasteiger partial charge in [0.25, 0.3) is 0 Å². The molecule has 0 bridgehead atoms. The summed E-state index contributed by atoms with van der Waals surface area (Å²) in [4.78, 5) is 10.9. The predicted molar refractivity (Wildman–Crippen MR) is 75.4 cm³/mol. The fourth-order valence-electron chi connectivity index (χ4n) is 1.46. The van der Waals surface area contributed by atoms with Crippen LogP contribution in [-0.4, -0.2) is 36.3 Å². The summed E-state index contributed by atoms with van der Waals surface area (Å²) in [5, 5.41) is 15.5. The van der Waals surface area contributed by atoms with E-state index in [1.807, 2.05) is 13.8 Å². The number of hydrogen-bond acceptors (Lipinski definition) is 4. The molecule has 6 heteroatoms. The second-order valence-electron chi connectivity index (χ2n) is 4.73. The molecule has 1 rings (SSSR count). The summed E-state index contributed by atoms with van der Waals surface area (Å²) in [5.41, 5.74) is 0.724. The van der Waals surface area contributed by atoms with Gasteiger partial charge < -0.3 is 32.9 Å². The van der Waals surface area contributed by atoms with Gasteiger partial charge in [0.2, 0.25) is 5.91 Å². The van der Waals surface area contributed by atoms with Crippen molar-refractivity contribution in [2.75, 3.05) is 18.5 Å². The highest BCUT2D eigenvalue weighted by molar-refractivity contribution is 5.88. The Morgan fingerprint density at radius 1 is 1.30 bits per heavy atom. The van der Waals surface area contributed by atoms with E-state index in [2.05, 4.69) is 10.6 Å². The molecule has 0 aliphatic heterocycles. The monoisotopic (exact) mass is 301 g/mol. The van der Waals surface area contributed by atoms with Gasteiger partial charge >= 0.3 is 0 Å². The maximum Gasteiger partial charge on any atom is 0.221 e. The minimum absolute atomic E-state index is 0. The number of nitrogens with one attached hydrogen (secondary N) is 2. The first-order chi connectivity index (χ1) is 8.97. The molecule has 114 valence electrons. The summed E-state index contributed by atoms with van der Waals surface area (Å²) >= 11 is 0. The molecule has 5 nitrogen and oxygen atoms in total. The Kier molecular flexibility index (Phi) is 8.96. The topological polar surface area (TPSA) is 70.6 Å². The molecule has 1 aromatic rings. The lowest BCUT2D eigenvalue weighted by atomic mass is 10.3. The van der Waals surface area contributed by atoms with E-state index in [1.54, 1.807) is 24.3 Å². The zero-order chi connectivity index (χ0) is 14.3. The van der Waals surface area contributed by atoms with Crippen molar-refractivity contribution in [3.63, 3.8) is 0 Å². The average molecular weight is 302 g/mol. The Balaban J connectivity index is 0.00000361. The highest BCUT2D eigenvalue weighted by Gasteiger charge is 2.06. The number of carbonyl (C=O) groups is 1. The molecule has 0 aromatic heterocycles. The van der Waals surface area contributed by atoms with Gasteiger partial charge in [-0.3, -0.25) is 4.79 Å². The van der Waals surface area contributed by atoms with Crippen molar-refractivity contribution in [3.8, 4) is 5.75 Å². The molecule has 0 heterocycles. The van der Waals surface area contributed by atoms with Gasteiger partial charge in [0, 0.05) is 25.2 Å². The molecule has 1 amide bonds. The summed E-state index contributed by atoms with van der Waals surface area (Å²) in [6.07, 6.45) is -0.544. The SMILES string of the molecule is CC(=O)Nc1ccc(OCC(O)CNC(C)C)cc1.[Cl-]. The molecule has 0 aliphatic rings.